The second-order valence-corrected chi connectivity index (χ2v) is 5.88. The first-order valence-electron chi connectivity index (χ1n) is 5.48. The van der Waals surface area contributed by atoms with Gasteiger partial charge in [0.15, 0.2) is 5.96 Å². The van der Waals surface area contributed by atoms with Crippen LogP contribution in [0.5, 0.6) is 0 Å². The number of halogens is 1. The Labute approximate surface area is 130 Å². The molecule has 0 aliphatic heterocycles. The predicted molar refractivity (Wildman–Crippen MR) is 86.8 cm³/mol. The third kappa shape index (κ3) is 6.21. The molecule has 0 saturated heterocycles. The highest BCUT2D eigenvalue weighted by atomic mass is 127. The first kappa shape index (κ1) is 18.1. The molecule has 1 rings (SSSR count). The number of aliphatic imine (C=N–C) groups is 1. The Morgan fingerprint density at radius 1 is 1.37 bits per heavy atom. The van der Waals surface area contributed by atoms with Gasteiger partial charge in [-0.2, -0.15) is 0 Å². The van der Waals surface area contributed by atoms with E-state index in [1.807, 2.05) is 0 Å². The summed E-state index contributed by atoms with van der Waals surface area (Å²) in [5.41, 5.74) is 11.2. The second-order valence-electron chi connectivity index (χ2n) is 4.16. The van der Waals surface area contributed by atoms with Crippen molar-refractivity contribution in [1.82, 2.24) is 4.72 Å². The average molecular weight is 398 g/mol. The van der Waals surface area contributed by atoms with E-state index in [2.05, 4.69) is 9.71 Å². The van der Waals surface area contributed by atoms with E-state index < -0.39 is 10.0 Å². The fraction of sp³-hybridized carbons (Fsp3) is 0.364. The van der Waals surface area contributed by atoms with E-state index in [1.165, 1.54) is 6.07 Å². The number of hydrogen-bond donors (Lipinski definition) is 3. The number of sulfonamides is 1. The van der Waals surface area contributed by atoms with E-state index in [1.54, 1.807) is 32.0 Å². The van der Waals surface area contributed by atoms with Gasteiger partial charge < -0.3 is 11.5 Å². The minimum Gasteiger partial charge on any atom is -0.370 e. The largest absolute Gasteiger partial charge is 0.370 e. The molecule has 108 valence electrons. The zero-order valence-corrected chi connectivity index (χ0v) is 14.0. The van der Waals surface area contributed by atoms with E-state index in [-0.39, 0.29) is 47.4 Å². The zero-order chi connectivity index (χ0) is 13.8. The van der Waals surface area contributed by atoms with Crippen molar-refractivity contribution in [1.29, 1.82) is 0 Å². The SMILES string of the molecule is CC(C)NS(=O)(=O)c1cccc(CN=C(N)N)c1.I. The van der Waals surface area contributed by atoms with Gasteiger partial charge in [0.2, 0.25) is 10.0 Å². The molecule has 0 fully saturated rings. The lowest BCUT2D eigenvalue weighted by Gasteiger charge is -2.10. The van der Waals surface area contributed by atoms with Crippen molar-refractivity contribution >= 4 is 40.0 Å². The van der Waals surface area contributed by atoms with Crippen LogP contribution in [0.1, 0.15) is 19.4 Å². The Bertz CT molecular complexity index is 539. The summed E-state index contributed by atoms with van der Waals surface area (Å²) in [6.45, 7) is 3.79. The predicted octanol–water partition coefficient (Wildman–Crippen LogP) is 0.765. The Morgan fingerprint density at radius 3 is 2.53 bits per heavy atom. The molecule has 5 N–H and O–H groups in total. The maximum Gasteiger partial charge on any atom is 0.240 e. The van der Waals surface area contributed by atoms with Crippen LogP contribution in [-0.2, 0) is 16.6 Å². The summed E-state index contributed by atoms with van der Waals surface area (Å²) in [5, 5.41) is 0. The van der Waals surface area contributed by atoms with E-state index in [0.717, 1.165) is 5.56 Å². The van der Waals surface area contributed by atoms with Crippen LogP contribution >= 0.6 is 24.0 Å². The summed E-state index contributed by atoms with van der Waals surface area (Å²) in [7, 11) is -3.48. The first-order chi connectivity index (χ1) is 8.31. The molecule has 0 radical (unpaired) electrons. The third-order valence-corrected chi connectivity index (χ3v) is 3.70. The molecule has 0 aromatic heterocycles. The van der Waals surface area contributed by atoms with Gasteiger partial charge in [0.1, 0.15) is 0 Å². The van der Waals surface area contributed by atoms with Crippen LogP contribution in [0, 0.1) is 0 Å². The van der Waals surface area contributed by atoms with Crippen LogP contribution in [0.4, 0.5) is 0 Å². The quantitative estimate of drug-likeness (QED) is 0.387. The first-order valence-corrected chi connectivity index (χ1v) is 6.96. The van der Waals surface area contributed by atoms with Gasteiger partial charge in [0.05, 0.1) is 11.4 Å². The molecule has 0 aliphatic rings. The molecule has 19 heavy (non-hydrogen) atoms. The van der Waals surface area contributed by atoms with Gasteiger partial charge in [-0.15, -0.1) is 24.0 Å². The summed E-state index contributed by atoms with van der Waals surface area (Å²) in [6, 6.07) is 6.35. The van der Waals surface area contributed by atoms with Crippen molar-refractivity contribution in [3.05, 3.63) is 29.8 Å². The average Bonchev–Trinajstić information content (AvgIpc) is 2.25. The minimum atomic E-state index is -3.48. The van der Waals surface area contributed by atoms with Crippen molar-refractivity contribution in [2.45, 2.75) is 31.3 Å². The molecule has 0 saturated carbocycles. The summed E-state index contributed by atoms with van der Waals surface area (Å²) in [6.07, 6.45) is 0. The second kappa shape index (κ2) is 7.65. The monoisotopic (exact) mass is 398 g/mol. The molecule has 6 nitrogen and oxygen atoms in total. The summed E-state index contributed by atoms with van der Waals surface area (Å²) in [5.74, 6) is -0.0245. The number of nitrogens with one attached hydrogen (secondary N) is 1. The molecule has 1 aromatic rings. The highest BCUT2D eigenvalue weighted by molar-refractivity contribution is 14.0. The van der Waals surface area contributed by atoms with Crippen molar-refractivity contribution in [3.63, 3.8) is 0 Å². The van der Waals surface area contributed by atoms with Crippen molar-refractivity contribution in [2.75, 3.05) is 0 Å². The molecule has 0 atom stereocenters. The molecule has 0 aliphatic carbocycles. The summed E-state index contributed by atoms with van der Waals surface area (Å²) < 4.78 is 26.4. The van der Waals surface area contributed by atoms with Crippen LogP contribution in [0.15, 0.2) is 34.2 Å². The fourth-order valence-corrected chi connectivity index (χ4v) is 2.69. The van der Waals surface area contributed by atoms with Crippen LogP contribution in [0.25, 0.3) is 0 Å². The van der Waals surface area contributed by atoms with Crippen molar-refractivity contribution in [3.8, 4) is 0 Å². The standard InChI is InChI=1S/C11H18N4O2S.HI/c1-8(2)15-18(16,17)10-5-3-4-9(6-10)7-14-11(12)13;/h3-6,8,15H,7H2,1-2H3,(H4,12,13,14);1H. The van der Waals surface area contributed by atoms with Crippen molar-refractivity contribution < 1.29 is 8.42 Å². The van der Waals surface area contributed by atoms with Gasteiger partial charge in [-0.3, -0.25) is 0 Å². The Kier molecular flexibility index (Phi) is 7.30. The highest BCUT2D eigenvalue weighted by Crippen LogP contribution is 2.12. The molecule has 8 heteroatoms. The maximum atomic E-state index is 11.9. The topological polar surface area (TPSA) is 111 Å². The summed E-state index contributed by atoms with van der Waals surface area (Å²) >= 11 is 0. The molecular weight excluding hydrogens is 379 g/mol. The molecule has 0 unspecified atom stereocenters. The highest BCUT2D eigenvalue weighted by Gasteiger charge is 2.15. The third-order valence-electron chi connectivity index (χ3n) is 2.04. The van der Waals surface area contributed by atoms with Gasteiger partial charge in [0, 0.05) is 6.04 Å². The lowest BCUT2D eigenvalue weighted by atomic mass is 10.2. The molecule has 0 spiro atoms. The molecular formula is C11H19IN4O2S. The van der Waals surface area contributed by atoms with Crippen molar-refractivity contribution in [2.24, 2.45) is 16.5 Å². The van der Waals surface area contributed by atoms with Crippen LogP contribution in [-0.4, -0.2) is 20.4 Å². The zero-order valence-electron chi connectivity index (χ0n) is 10.8. The lowest BCUT2D eigenvalue weighted by Crippen LogP contribution is -2.30. The fourth-order valence-electron chi connectivity index (χ4n) is 1.37. The normalized spacial score (nSPS) is 10.9. The number of guanidine groups is 1. The Hall–Kier alpha value is -0.870. The molecule has 1 aromatic carbocycles. The minimum absolute atomic E-state index is 0. The lowest BCUT2D eigenvalue weighted by molar-refractivity contribution is 0.569. The van der Waals surface area contributed by atoms with Gasteiger partial charge in [-0.25, -0.2) is 18.1 Å². The van der Waals surface area contributed by atoms with Gasteiger partial charge in [0.25, 0.3) is 0 Å². The molecule has 0 bridgehead atoms. The van der Waals surface area contributed by atoms with E-state index >= 15 is 0 Å². The number of nitrogens with zero attached hydrogens (tertiary/aromatic N) is 1. The molecule has 0 heterocycles. The smallest absolute Gasteiger partial charge is 0.240 e. The van der Waals surface area contributed by atoms with Gasteiger partial charge >= 0.3 is 0 Å². The Balaban J connectivity index is 0.00000324. The maximum absolute atomic E-state index is 11.9. The van der Waals surface area contributed by atoms with Crippen LogP contribution in [0.3, 0.4) is 0 Å². The van der Waals surface area contributed by atoms with E-state index in [9.17, 15) is 8.42 Å². The van der Waals surface area contributed by atoms with Gasteiger partial charge in [-0.05, 0) is 31.5 Å². The van der Waals surface area contributed by atoms with Crippen LogP contribution < -0.4 is 16.2 Å². The van der Waals surface area contributed by atoms with Gasteiger partial charge in [-0.1, -0.05) is 12.1 Å². The van der Waals surface area contributed by atoms with E-state index in [0.29, 0.717) is 0 Å². The number of nitrogens with two attached hydrogens (primary N) is 2. The molecule has 0 amide bonds. The Morgan fingerprint density at radius 2 is 2.00 bits per heavy atom. The number of benzene rings is 1. The number of rotatable bonds is 5. The van der Waals surface area contributed by atoms with E-state index in [4.69, 9.17) is 11.5 Å². The summed E-state index contributed by atoms with van der Waals surface area (Å²) in [4.78, 5) is 4.04. The van der Waals surface area contributed by atoms with Crippen LogP contribution in [0.2, 0.25) is 0 Å². The number of hydrogen-bond acceptors (Lipinski definition) is 3.